The van der Waals surface area contributed by atoms with Crippen LogP contribution in [0.15, 0.2) is 18.2 Å². The first-order chi connectivity index (χ1) is 7.74. The van der Waals surface area contributed by atoms with Crippen LogP contribution in [-0.2, 0) is 9.53 Å². The van der Waals surface area contributed by atoms with E-state index < -0.39 is 0 Å². The van der Waals surface area contributed by atoms with Gasteiger partial charge in [-0.1, -0.05) is 11.6 Å². The number of carbonyl (C=O) groups is 1. The van der Waals surface area contributed by atoms with Gasteiger partial charge in [0, 0.05) is 5.02 Å². The molecule has 0 aromatic heterocycles. The smallest absolute Gasteiger partial charge is 0.232 e. The average molecular weight is 239 g/mol. The standard InChI is InChI=1S/C11H11ClN2O2/c12-6-1-2-8-9(3-6)14-11(15)7-4-16-5-10(7)13-8/h1-3,7,10,13H,4-5H2,(H,14,15). The Labute approximate surface area is 97.9 Å². The van der Waals surface area contributed by atoms with E-state index in [1.807, 2.05) is 6.07 Å². The van der Waals surface area contributed by atoms with Crippen molar-refractivity contribution in [3.8, 4) is 0 Å². The second kappa shape index (κ2) is 3.64. The highest BCUT2D eigenvalue weighted by Crippen LogP contribution is 2.32. The van der Waals surface area contributed by atoms with Crippen molar-refractivity contribution in [2.75, 3.05) is 23.8 Å². The van der Waals surface area contributed by atoms with Crippen LogP contribution in [0.1, 0.15) is 0 Å². The topological polar surface area (TPSA) is 50.4 Å². The van der Waals surface area contributed by atoms with Gasteiger partial charge in [0.25, 0.3) is 0 Å². The van der Waals surface area contributed by atoms with Crippen molar-refractivity contribution < 1.29 is 9.53 Å². The minimum atomic E-state index is -0.119. The van der Waals surface area contributed by atoms with Gasteiger partial charge in [-0.3, -0.25) is 4.79 Å². The Morgan fingerprint density at radius 2 is 2.19 bits per heavy atom. The molecule has 0 aliphatic carbocycles. The molecule has 4 nitrogen and oxygen atoms in total. The second-order valence-corrected chi connectivity index (χ2v) is 4.51. The summed E-state index contributed by atoms with van der Waals surface area (Å²) in [5.74, 6) is -0.123. The van der Waals surface area contributed by atoms with E-state index in [0.717, 1.165) is 11.4 Å². The molecule has 0 saturated carbocycles. The summed E-state index contributed by atoms with van der Waals surface area (Å²) in [5, 5.41) is 6.80. The summed E-state index contributed by atoms with van der Waals surface area (Å²) in [4.78, 5) is 11.9. The molecule has 0 spiro atoms. The molecule has 2 N–H and O–H groups in total. The normalized spacial score (nSPS) is 27.4. The largest absolute Gasteiger partial charge is 0.378 e. The van der Waals surface area contributed by atoms with Crippen molar-refractivity contribution in [1.29, 1.82) is 0 Å². The number of fused-ring (bicyclic) bond motifs is 2. The van der Waals surface area contributed by atoms with Gasteiger partial charge in [-0.05, 0) is 18.2 Å². The summed E-state index contributed by atoms with van der Waals surface area (Å²) in [5.41, 5.74) is 1.64. The maximum atomic E-state index is 11.9. The van der Waals surface area contributed by atoms with Crippen LogP contribution in [0.4, 0.5) is 11.4 Å². The molecule has 1 aromatic carbocycles. The number of rotatable bonds is 0. The SMILES string of the molecule is O=C1Nc2cc(Cl)ccc2NC2COCC12. The Morgan fingerprint density at radius 1 is 1.31 bits per heavy atom. The summed E-state index contributed by atoms with van der Waals surface area (Å²) in [6, 6.07) is 5.49. The molecule has 2 heterocycles. The summed E-state index contributed by atoms with van der Waals surface area (Å²) in [6.07, 6.45) is 0. The Morgan fingerprint density at radius 3 is 3.06 bits per heavy atom. The number of amides is 1. The molecule has 2 aliphatic heterocycles. The molecule has 2 aliphatic rings. The van der Waals surface area contributed by atoms with Crippen LogP contribution in [0.3, 0.4) is 0 Å². The lowest BCUT2D eigenvalue weighted by molar-refractivity contribution is -0.119. The number of anilines is 2. The molecule has 1 saturated heterocycles. The molecule has 0 bridgehead atoms. The summed E-state index contributed by atoms with van der Waals surface area (Å²) in [6.45, 7) is 1.05. The first-order valence-electron chi connectivity index (χ1n) is 5.19. The van der Waals surface area contributed by atoms with Crippen LogP contribution < -0.4 is 10.6 Å². The van der Waals surface area contributed by atoms with E-state index in [9.17, 15) is 4.79 Å². The number of carbonyl (C=O) groups excluding carboxylic acids is 1. The average Bonchev–Trinajstić information content (AvgIpc) is 2.65. The van der Waals surface area contributed by atoms with Crippen LogP contribution in [0.25, 0.3) is 0 Å². The lowest BCUT2D eigenvalue weighted by Gasteiger charge is -2.14. The number of ether oxygens (including phenoxy) is 1. The molecular weight excluding hydrogens is 228 g/mol. The van der Waals surface area contributed by atoms with Gasteiger partial charge in [0.05, 0.1) is 36.5 Å². The van der Waals surface area contributed by atoms with Crippen molar-refractivity contribution in [3.05, 3.63) is 23.2 Å². The van der Waals surface area contributed by atoms with Crippen molar-refractivity contribution in [1.82, 2.24) is 0 Å². The monoisotopic (exact) mass is 238 g/mol. The van der Waals surface area contributed by atoms with Gasteiger partial charge in [0.1, 0.15) is 0 Å². The molecular formula is C11H11ClN2O2. The zero-order valence-corrected chi connectivity index (χ0v) is 9.25. The Balaban J connectivity index is 2.01. The van der Waals surface area contributed by atoms with E-state index in [1.165, 1.54) is 0 Å². The van der Waals surface area contributed by atoms with Gasteiger partial charge < -0.3 is 15.4 Å². The highest BCUT2D eigenvalue weighted by atomic mass is 35.5. The van der Waals surface area contributed by atoms with Gasteiger partial charge in [0.2, 0.25) is 5.91 Å². The van der Waals surface area contributed by atoms with Crippen LogP contribution in [-0.4, -0.2) is 25.2 Å². The molecule has 2 atom stereocenters. The van der Waals surface area contributed by atoms with Crippen molar-refractivity contribution >= 4 is 28.9 Å². The third kappa shape index (κ3) is 1.54. The highest BCUT2D eigenvalue weighted by Gasteiger charge is 2.36. The van der Waals surface area contributed by atoms with Gasteiger partial charge in [-0.15, -0.1) is 0 Å². The fraction of sp³-hybridized carbons (Fsp3) is 0.364. The molecule has 1 fully saturated rings. The number of benzene rings is 1. The molecule has 1 amide bonds. The first kappa shape index (κ1) is 9.93. The van der Waals surface area contributed by atoms with Gasteiger partial charge in [-0.25, -0.2) is 0 Å². The molecule has 16 heavy (non-hydrogen) atoms. The molecule has 2 unspecified atom stereocenters. The van der Waals surface area contributed by atoms with E-state index in [4.69, 9.17) is 16.3 Å². The molecule has 5 heteroatoms. The lowest BCUT2D eigenvalue weighted by atomic mass is 10.0. The van der Waals surface area contributed by atoms with E-state index in [0.29, 0.717) is 18.2 Å². The minimum absolute atomic E-state index is 0.00369. The molecule has 0 radical (unpaired) electrons. The zero-order chi connectivity index (χ0) is 11.1. The van der Waals surface area contributed by atoms with Crippen LogP contribution in [0.2, 0.25) is 5.02 Å². The predicted molar refractivity (Wildman–Crippen MR) is 61.8 cm³/mol. The second-order valence-electron chi connectivity index (χ2n) is 4.07. The fourth-order valence-corrected chi connectivity index (χ4v) is 2.30. The molecule has 1 aromatic rings. The maximum Gasteiger partial charge on any atom is 0.232 e. The van der Waals surface area contributed by atoms with Crippen molar-refractivity contribution in [2.24, 2.45) is 5.92 Å². The summed E-state index contributed by atoms with van der Waals surface area (Å²) >= 11 is 5.89. The lowest BCUT2D eigenvalue weighted by Crippen LogP contribution is -2.33. The summed E-state index contributed by atoms with van der Waals surface area (Å²) in [7, 11) is 0. The van der Waals surface area contributed by atoms with Crippen LogP contribution in [0.5, 0.6) is 0 Å². The predicted octanol–water partition coefficient (Wildman–Crippen LogP) is 1.72. The Bertz CT molecular complexity index is 450. The number of halogens is 1. The van der Waals surface area contributed by atoms with Crippen molar-refractivity contribution in [2.45, 2.75) is 6.04 Å². The maximum absolute atomic E-state index is 11.9. The Kier molecular flexibility index (Phi) is 2.26. The van der Waals surface area contributed by atoms with Crippen molar-refractivity contribution in [3.63, 3.8) is 0 Å². The molecule has 84 valence electrons. The third-order valence-electron chi connectivity index (χ3n) is 3.00. The first-order valence-corrected chi connectivity index (χ1v) is 5.56. The number of hydrogen-bond acceptors (Lipinski definition) is 3. The van der Waals surface area contributed by atoms with E-state index in [2.05, 4.69) is 10.6 Å². The fourth-order valence-electron chi connectivity index (χ4n) is 2.13. The number of nitrogens with one attached hydrogen (secondary N) is 2. The zero-order valence-electron chi connectivity index (χ0n) is 8.50. The quantitative estimate of drug-likeness (QED) is 0.724. The van der Waals surface area contributed by atoms with Crippen LogP contribution in [0, 0.1) is 5.92 Å². The van der Waals surface area contributed by atoms with Gasteiger partial charge in [-0.2, -0.15) is 0 Å². The number of hydrogen-bond donors (Lipinski definition) is 2. The minimum Gasteiger partial charge on any atom is -0.378 e. The van der Waals surface area contributed by atoms with E-state index in [-0.39, 0.29) is 17.9 Å². The highest BCUT2D eigenvalue weighted by molar-refractivity contribution is 6.31. The Hall–Kier alpha value is -1.26. The van der Waals surface area contributed by atoms with E-state index in [1.54, 1.807) is 12.1 Å². The summed E-state index contributed by atoms with van der Waals surface area (Å²) < 4.78 is 5.31. The third-order valence-corrected chi connectivity index (χ3v) is 3.23. The van der Waals surface area contributed by atoms with E-state index >= 15 is 0 Å². The molecule has 3 rings (SSSR count). The van der Waals surface area contributed by atoms with Gasteiger partial charge in [0.15, 0.2) is 0 Å². The van der Waals surface area contributed by atoms with Gasteiger partial charge >= 0.3 is 0 Å². The van der Waals surface area contributed by atoms with Crippen LogP contribution >= 0.6 is 11.6 Å².